The summed E-state index contributed by atoms with van der Waals surface area (Å²) in [4.78, 5) is 11.9. The Bertz CT molecular complexity index is 633. The van der Waals surface area contributed by atoms with Crippen LogP contribution in [0.5, 0.6) is 0 Å². The largest absolute Gasteiger partial charge is 0.349 e. The zero-order valence-corrected chi connectivity index (χ0v) is 13.8. The summed E-state index contributed by atoms with van der Waals surface area (Å²) in [6, 6.07) is 13.6. The Morgan fingerprint density at radius 1 is 1.23 bits per heavy atom. The van der Waals surface area contributed by atoms with Gasteiger partial charge >= 0.3 is 0 Å². The van der Waals surface area contributed by atoms with Gasteiger partial charge in [-0.05, 0) is 36.2 Å². The molecule has 0 aliphatic heterocycles. The van der Waals surface area contributed by atoms with Crippen molar-refractivity contribution >= 4 is 29.3 Å². The van der Waals surface area contributed by atoms with Crippen molar-refractivity contribution in [3.8, 4) is 0 Å². The molecule has 116 valence electrons. The summed E-state index contributed by atoms with van der Waals surface area (Å²) in [5.74, 6) is 0.736. The first-order valence-corrected chi connectivity index (χ1v) is 8.45. The molecule has 0 aliphatic rings. The molecule has 2 aromatic rings. The highest BCUT2D eigenvalue weighted by Crippen LogP contribution is 2.22. The fraction of sp³-hybridized carbons (Fsp3) is 0.235. The van der Waals surface area contributed by atoms with Crippen molar-refractivity contribution in [3.63, 3.8) is 0 Å². The van der Waals surface area contributed by atoms with Crippen molar-refractivity contribution in [3.05, 3.63) is 70.5 Å². The van der Waals surface area contributed by atoms with Crippen molar-refractivity contribution in [1.82, 2.24) is 5.32 Å². The van der Waals surface area contributed by atoms with Crippen LogP contribution in [0.1, 0.15) is 24.1 Å². The lowest BCUT2D eigenvalue weighted by molar-refractivity contribution is -0.119. The van der Waals surface area contributed by atoms with E-state index < -0.39 is 0 Å². The smallest absolute Gasteiger partial charge is 0.230 e. The number of hydrogen-bond acceptors (Lipinski definition) is 2. The first-order valence-electron chi connectivity index (χ1n) is 6.92. The zero-order valence-electron chi connectivity index (χ0n) is 12.2. The highest BCUT2D eigenvalue weighted by atomic mass is 35.5. The third-order valence-electron chi connectivity index (χ3n) is 3.16. The summed E-state index contributed by atoms with van der Waals surface area (Å²) in [7, 11) is 0. The van der Waals surface area contributed by atoms with Gasteiger partial charge in [0.15, 0.2) is 0 Å². The van der Waals surface area contributed by atoms with E-state index >= 15 is 0 Å². The quantitative estimate of drug-likeness (QED) is 0.835. The van der Waals surface area contributed by atoms with Crippen molar-refractivity contribution in [1.29, 1.82) is 0 Å². The lowest BCUT2D eigenvalue weighted by atomic mass is 10.1. The van der Waals surface area contributed by atoms with Crippen LogP contribution in [-0.2, 0) is 10.5 Å². The Morgan fingerprint density at radius 3 is 2.59 bits per heavy atom. The van der Waals surface area contributed by atoms with E-state index in [1.807, 2.05) is 31.2 Å². The molecule has 1 atom stereocenters. The van der Waals surface area contributed by atoms with Gasteiger partial charge in [0.25, 0.3) is 0 Å². The highest BCUT2D eigenvalue weighted by molar-refractivity contribution is 7.99. The second-order valence-electron chi connectivity index (χ2n) is 4.93. The molecule has 2 rings (SSSR count). The van der Waals surface area contributed by atoms with Crippen LogP contribution in [0.4, 0.5) is 4.39 Å². The van der Waals surface area contributed by atoms with E-state index in [9.17, 15) is 9.18 Å². The van der Waals surface area contributed by atoms with Crippen molar-refractivity contribution in [2.45, 2.75) is 18.7 Å². The summed E-state index contributed by atoms with van der Waals surface area (Å²) < 4.78 is 12.8. The van der Waals surface area contributed by atoms with E-state index in [1.54, 1.807) is 12.1 Å². The van der Waals surface area contributed by atoms with E-state index in [0.29, 0.717) is 16.5 Å². The Hall–Kier alpha value is -1.52. The van der Waals surface area contributed by atoms with Gasteiger partial charge in [0, 0.05) is 10.8 Å². The number of benzene rings is 2. The molecule has 0 aliphatic carbocycles. The fourth-order valence-corrected chi connectivity index (χ4v) is 3.13. The summed E-state index contributed by atoms with van der Waals surface area (Å²) in [6.07, 6.45) is 0. The van der Waals surface area contributed by atoms with E-state index in [2.05, 4.69) is 5.32 Å². The minimum Gasteiger partial charge on any atom is -0.349 e. The number of thioether (sulfide) groups is 1. The standard InChI is InChI=1S/C17H17ClFNOS/c1-12(15-4-2-3-5-16(15)18)20-17(21)11-22-10-13-6-8-14(19)9-7-13/h2-9,12H,10-11H2,1H3,(H,20,21). The maximum Gasteiger partial charge on any atom is 0.230 e. The number of amides is 1. The van der Waals surface area contributed by atoms with Gasteiger partial charge in [-0.15, -0.1) is 11.8 Å². The average molecular weight is 338 g/mol. The predicted octanol–water partition coefficient (Wildman–Crippen LogP) is 4.59. The van der Waals surface area contributed by atoms with Crippen LogP contribution in [0.3, 0.4) is 0 Å². The van der Waals surface area contributed by atoms with Gasteiger partial charge in [-0.2, -0.15) is 0 Å². The zero-order chi connectivity index (χ0) is 15.9. The van der Waals surface area contributed by atoms with Crippen molar-refractivity contribution < 1.29 is 9.18 Å². The minimum atomic E-state index is -0.250. The molecule has 0 radical (unpaired) electrons. The molecule has 2 nitrogen and oxygen atoms in total. The SMILES string of the molecule is CC(NC(=O)CSCc1ccc(F)cc1)c1ccccc1Cl. The fourth-order valence-electron chi connectivity index (χ4n) is 2.03. The third kappa shape index (κ3) is 5.04. The first kappa shape index (κ1) is 16.8. The lowest BCUT2D eigenvalue weighted by Crippen LogP contribution is -2.28. The van der Waals surface area contributed by atoms with Gasteiger partial charge in [-0.3, -0.25) is 4.79 Å². The minimum absolute atomic E-state index is 0.0421. The Morgan fingerprint density at radius 2 is 1.91 bits per heavy atom. The van der Waals surface area contributed by atoms with Gasteiger partial charge in [0.2, 0.25) is 5.91 Å². The molecule has 22 heavy (non-hydrogen) atoms. The normalized spacial score (nSPS) is 12.0. The number of rotatable bonds is 6. The molecule has 0 fully saturated rings. The topological polar surface area (TPSA) is 29.1 Å². The van der Waals surface area contributed by atoms with Gasteiger partial charge in [0.05, 0.1) is 11.8 Å². The molecule has 1 N–H and O–H groups in total. The van der Waals surface area contributed by atoms with Crippen LogP contribution in [0, 0.1) is 5.82 Å². The number of hydrogen-bond donors (Lipinski definition) is 1. The Labute approximate surface area is 139 Å². The number of carbonyl (C=O) groups is 1. The number of nitrogens with one attached hydrogen (secondary N) is 1. The highest BCUT2D eigenvalue weighted by Gasteiger charge is 2.12. The molecule has 1 unspecified atom stereocenters. The molecular formula is C17H17ClFNOS. The molecule has 0 heterocycles. The monoisotopic (exact) mass is 337 g/mol. The predicted molar refractivity (Wildman–Crippen MR) is 90.6 cm³/mol. The summed E-state index contributed by atoms with van der Waals surface area (Å²) in [5, 5.41) is 3.58. The van der Waals surface area contributed by atoms with E-state index in [0.717, 1.165) is 11.1 Å². The van der Waals surface area contributed by atoms with Crippen molar-refractivity contribution in [2.24, 2.45) is 0 Å². The number of carbonyl (C=O) groups excluding carboxylic acids is 1. The molecule has 0 aromatic heterocycles. The maximum atomic E-state index is 12.8. The van der Waals surface area contributed by atoms with Gasteiger partial charge in [-0.25, -0.2) is 4.39 Å². The lowest BCUT2D eigenvalue weighted by Gasteiger charge is -2.15. The average Bonchev–Trinajstić information content (AvgIpc) is 2.49. The molecule has 0 saturated heterocycles. The van der Waals surface area contributed by atoms with E-state index in [-0.39, 0.29) is 17.8 Å². The van der Waals surface area contributed by atoms with Crippen LogP contribution < -0.4 is 5.32 Å². The van der Waals surface area contributed by atoms with Gasteiger partial charge in [-0.1, -0.05) is 41.9 Å². The van der Waals surface area contributed by atoms with Crippen LogP contribution in [0.15, 0.2) is 48.5 Å². The molecular weight excluding hydrogens is 321 g/mol. The van der Waals surface area contributed by atoms with Crippen molar-refractivity contribution in [2.75, 3.05) is 5.75 Å². The molecule has 0 saturated carbocycles. The van der Waals surface area contributed by atoms with Crippen LogP contribution in [-0.4, -0.2) is 11.7 Å². The van der Waals surface area contributed by atoms with Crippen LogP contribution >= 0.6 is 23.4 Å². The van der Waals surface area contributed by atoms with Crippen LogP contribution in [0.25, 0.3) is 0 Å². The molecule has 0 spiro atoms. The van der Waals surface area contributed by atoms with Gasteiger partial charge < -0.3 is 5.32 Å². The third-order valence-corrected chi connectivity index (χ3v) is 4.51. The number of halogens is 2. The summed E-state index contributed by atoms with van der Waals surface area (Å²) in [6.45, 7) is 1.91. The Kier molecular flexibility index (Phi) is 6.28. The second-order valence-corrected chi connectivity index (χ2v) is 6.32. The maximum absolute atomic E-state index is 12.8. The Balaban J connectivity index is 1.78. The van der Waals surface area contributed by atoms with Gasteiger partial charge in [0.1, 0.15) is 5.82 Å². The molecule has 0 bridgehead atoms. The second kappa shape index (κ2) is 8.20. The molecule has 1 amide bonds. The van der Waals surface area contributed by atoms with E-state index in [4.69, 9.17) is 11.6 Å². The van der Waals surface area contributed by atoms with Crippen LogP contribution in [0.2, 0.25) is 5.02 Å². The molecule has 5 heteroatoms. The molecule has 2 aromatic carbocycles. The summed E-state index contributed by atoms with van der Waals surface area (Å²) >= 11 is 7.61. The van der Waals surface area contributed by atoms with E-state index in [1.165, 1.54) is 23.9 Å². The summed E-state index contributed by atoms with van der Waals surface area (Å²) in [5.41, 5.74) is 1.90. The first-order chi connectivity index (χ1) is 10.6.